The van der Waals surface area contributed by atoms with Crippen LogP contribution < -0.4 is 5.73 Å². The standard InChI is InChI=1S/C14H20N2/c15-13-5-4-11-6-8-16(14-2-1-3-14)9-7-12(11)10-13/h4,7,10,14H,1-3,5-6,8-9,15H2. The van der Waals surface area contributed by atoms with Crippen LogP contribution in [0.3, 0.4) is 0 Å². The molecular formula is C14H20N2. The molecule has 2 heteroatoms. The Hall–Kier alpha value is -1.02. The molecule has 1 heterocycles. The number of allylic oxidation sites excluding steroid dienone is 3. The monoisotopic (exact) mass is 216 g/mol. The molecule has 0 atom stereocenters. The lowest BCUT2D eigenvalue weighted by Gasteiger charge is -2.36. The molecule has 0 bridgehead atoms. The molecular weight excluding hydrogens is 196 g/mol. The van der Waals surface area contributed by atoms with Crippen LogP contribution in [0.15, 0.2) is 35.1 Å². The molecule has 0 radical (unpaired) electrons. The van der Waals surface area contributed by atoms with E-state index in [1.54, 1.807) is 0 Å². The molecule has 0 saturated heterocycles. The van der Waals surface area contributed by atoms with Gasteiger partial charge in [-0.1, -0.05) is 18.6 Å². The zero-order valence-electron chi connectivity index (χ0n) is 9.78. The Balaban J connectivity index is 1.76. The van der Waals surface area contributed by atoms with Gasteiger partial charge in [0, 0.05) is 31.2 Å². The summed E-state index contributed by atoms with van der Waals surface area (Å²) in [5.74, 6) is 0. The molecule has 2 N–H and O–H groups in total. The van der Waals surface area contributed by atoms with E-state index in [0.29, 0.717) is 0 Å². The van der Waals surface area contributed by atoms with E-state index >= 15 is 0 Å². The van der Waals surface area contributed by atoms with Gasteiger partial charge in [-0.05, 0) is 36.5 Å². The molecule has 3 aliphatic rings. The van der Waals surface area contributed by atoms with Gasteiger partial charge < -0.3 is 5.73 Å². The molecule has 1 fully saturated rings. The molecule has 1 aliphatic heterocycles. The fourth-order valence-corrected chi connectivity index (χ4v) is 2.80. The minimum Gasteiger partial charge on any atom is -0.402 e. The quantitative estimate of drug-likeness (QED) is 0.729. The summed E-state index contributed by atoms with van der Waals surface area (Å²) in [6.07, 6.45) is 13.2. The molecule has 0 aromatic rings. The van der Waals surface area contributed by atoms with Gasteiger partial charge in [0.2, 0.25) is 0 Å². The molecule has 0 aromatic heterocycles. The van der Waals surface area contributed by atoms with Crippen molar-refractivity contribution in [3.63, 3.8) is 0 Å². The van der Waals surface area contributed by atoms with Crippen LogP contribution in [-0.2, 0) is 0 Å². The highest BCUT2D eigenvalue weighted by atomic mass is 15.2. The van der Waals surface area contributed by atoms with Crippen LogP contribution in [0.4, 0.5) is 0 Å². The number of hydrogen-bond acceptors (Lipinski definition) is 2. The molecule has 16 heavy (non-hydrogen) atoms. The van der Waals surface area contributed by atoms with Crippen LogP contribution in [0.25, 0.3) is 0 Å². The molecule has 86 valence electrons. The maximum Gasteiger partial charge on any atom is 0.0175 e. The summed E-state index contributed by atoms with van der Waals surface area (Å²) in [5.41, 5.74) is 9.78. The van der Waals surface area contributed by atoms with E-state index in [-0.39, 0.29) is 0 Å². The first-order chi connectivity index (χ1) is 7.83. The zero-order valence-corrected chi connectivity index (χ0v) is 9.78. The van der Waals surface area contributed by atoms with Crippen molar-refractivity contribution in [2.24, 2.45) is 5.73 Å². The SMILES string of the molecule is NC1=CC2=CCN(C3CCC3)CCC2=CC1. The molecule has 0 spiro atoms. The van der Waals surface area contributed by atoms with Crippen molar-refractivity contribution in [2.45, 2.75) is 38.1 Å². The van der Waals surface area contributed by atoms with Crippen molar-refractivity contribution in [1.82, 2.24) is 4.90 Å². The van der Waals surface area contributed by atoms with Gasteiger partial charge in [0.05, 0.1) is 0 Å². The summed E-state index contributed by atoms with van der Waals surface area (Å²) in [7, 11) is 0. The predicted molar refractivity (Wildman–Crippen MR) is 66.9 cm³/mol. The Morgan fingerprint density at radius 2 is 2.12 bits per heavy atom. The van der Waals surface area contributed by atoms with Gasteiger partial charge in [0.25, 0.3) is 0 Å². The summed E-state index contributed by atoms with van der Waals surface area (Å²) >= 11 is 0. The Morgan fingerprint density at radius 1 is 1.25 bits per heavy atom. The van der Waals surface area contributed by atoms with Crippen LogP contribution >= 0.6 is 0 Å². The lowest BCUT2D eigenvalue weighted by molar-refractivity contribution is 0.145. The lowest BCUT2D eigenvalue weighted by Crippen LogP contribution is -2.40. The summed E-state index contributed by atoms with van der Waals surface area (Å²) in [6, 6.07) is 0.860. The Kier molecular flexibility index (Phi) is 2.60. The first kappa shape index (κ1) is 10.2. The van der Waals surface area contributed by atoms with Gasteiger partial charge in [-0.15, -0.1) is 0 Å². The Labute approximate surface area is 97.5 Å². The highest BCUT2D eigenvalue weighted by molar-refractivity contribution is 5.46. The van der Waals surface area contributed by atoms with Gasteiger partial charge in [-0.3, -0.25) is 4.90 Å². The number of fused-ring (bicyclic) bond motifs is 1. The van der Waals surface area contributed by atoms with Gasteiger partial charge >= 0.3 is 0 Å². The Bertz CT molecular complexity index is 372. The van der Waals surface area contributed by atoms with Crippen LogP contribution in [0.5, 0.6) is 0 Å². The Morgan fingerprint density at radius 3 is 2.88 bits per heavy atom. The molecule has 0 amide bonds. The van der Waals surface area contributed by atoms with E-state index in [0.717, 1.165) is 24.7 Å². The van der Waals surface area contributed by atoms with E-state index < -0.39 is 0 Å². The van der Waals surface area contributed by atoms with Crippen LogP contribution in [-0.4, -0.2) is 24.0 Å². The van der Waals surface area contributed by atoms with E-state index in [1.807, 2.05) is 0 Å². The van der Waals surface area contributed by atoms with Crippen molar-refractivity contribution in [3.05, 3.63) is 35.1 Å². The number of nitrogens with two attached hydrogens (primary N) is 1. The average Bonchev–Trinajstić information content (AvgIpc) is 2.39. The molecule has 2 nitrogen and oxygen atoms in total. The average molecular weight is 216 g/mol. The maximum absolute atomic E-state index is 5.89. The summed E-state index contributed by atoms with van der Waals surface area (Å²) in [6.45, 7) is 2.34. The van der Waals surface area contributed by atoms with E-state index in [9.17, 15) is 0 Å². The third kappa shape index (κ3) is 1.82. The van der Waals surface area contributed by atoms with Crippen molar-refractivity contribution in [1.29, 1.82) is 0 Å². The van der Waals surface area contributed by atoms with E-state index in [4.69, 9.17) is 5.73 Å². The largest absolute Gasteiger partial charge is 0.402 e. The first-order valence-corrected chi connectivity index (χ1v) is 6.42. The van der Waals surface area contributed by atoms with Gasteiger partial charge in [0.15, 0.2) is 0 Å². The van der Waals surface area contributed by atoms with Crippen LogP contribution in [0, 0.1) is 0 Å². The maximum atomic E-state index is 5.89. The summed E-state index contributed by atoms with van der Waals surface area (Å²) in [5, 5.41) is 0. The fourth-order valence-electron chi connectivity index (χ4n) is 2.80. The van der Waals surface area contributed by atoms with Crippen molar-refractivity contribution >= 4 is 0 Å². The van der Waals surface area contributed by atoms with Gasteiger partial charge in [0.1, 0.15) is 0 Å². The number of rotatable bonds is 1. The number of hydrogen-bond donors (Lipinski definition) is 1. The van der Waals surface area contributed by atoms with Gasteiger partial charge in [-0.25, -0.2) is 0 Å². The third-order valence-electron chi connectivity index (χ3n) is 4.10. The second kappa shape index (κ2) is 4.10. The molecule has 0 unspecified atom stereocenters. The lowest BCUT2D eigenvalue weighted by atomic mass is 9.91. The van der Waals surface area contributed by atoms with Crippen LogP contribution in [0.1, 0.15) is 32.1 Å². The zero-order chi connectivity index (χ0) is 11.0. The third-order valence-corrected chi connectivity index (χ3v) is 4.10. The number of nitrogens with zero attached hydrogens (tertiary/aromatic N) is 1. The predicted octanol–water partition coefficient (Wildman–Crippen LogP) is 2.34. The minimum absolute atomic E-state index is 0.860. The van der Waals surface area contributed by atoms with E-state index in [2.05, 4.69) is 23.1 Å². The highest BCUT2D eigenvalue weighted by Gasteiger charge is 2.26. The normalized spacial score (nSPS) is 27.1. The van der Waals surface area contributed by atoms with Crippen molar-refractivity contribution in [3.8, 4) is 0 Å². The second-order valence-electron chi connectivity index (χ2n) is 5.14. The van der Waals surface area contributed by atoms with Gasteiger partial charge in [-0.2, -0.15) is 0 Å². The van der Waals surface area contributed by atoms with Crippen molar-refractivity contribution < 1.29 is 0 Å². The molecule has 3 rings (SSSR count). The minimum atomic E-state index is 0.860. The first-order valence-electron chi connectivity index (χ1n) is 6.42. The van der Waals surface area contributed by atoms with Crippen molar-refractivity contribution in [2.75, 3.05) is 13.1 Å². The van der Waals surface area contributed by atoms with E-state index in [1.165, 1.54) is 43.4 Å². The summed E-state index contributed by atoms with van der Waals surface area (Å²) < 4.78 is 0. The van der Waals surface area contributed by atoms with Crippen LogP contribution in [0.2, 0.25) is 0 Å². The second-order valence-corrected chi connectivity index (χ2v) is 5.14. The topological polar surface area (TPSA) is 29.3 Å². The smallest absolute Gasteiger partial charge is 0.0175 e. The fraction of sp³-hybridized carbons (Fsp3) is 0.571. The highest BCUT2D eigenvalue weighted by Crippen LogP contribution is 2.30. The molecule has 2 aliphatic carbocycles. The molecule has 0 aromatic carbocycles. The summed E-state index contributed by atoms with van der Waals surface area (Å²) in [4.78, 5) is 2.64. The molecule has 1 saturated carbocycles.